The minimum absolute atomic E-state index is 0.0544. The number of piperazine rings is 1. The standard InChI is InChI=1S/C17H15BrClFN2O/c18-12-1-6-15(16(19)11-12)17(23)22-9-7-21(8-10-22)14-4-2-13(20)3-5-14/h1-6,11H,7-10H2. The van der Waals surface area contributed by atoms with E-state index < -0.39 is 0 Å². The van der Waals surface area contributed by atoms with Gasteiger partial charge in [0.05, 0.1) is 10.6 Å². The van der Waals surface area contributed by atoms with Crippen LogP contribution in [0.2, 0.25) is 5.02 Å². The average molecular weight is 398 g/mol. The van der Waals surface area contributed by atoms with Crippen molar-refractivity contribution >= 4 is 39.1 Å². The Morgan fingerprint density at radius 3 is 2.30 bits per heavy atom. The Bertz CT molecular complexity index is 715. The molecule has 1 aliphatic heterocycles. The first-order valence-electron chi connectivity index (χ1n) is 7.29. The number of nitrogens with zero attached hydrogens (tertiary/aromatic N) is 2. The topological polar surface area (TPSA) is 23.6 Å². The maximum Gasteiger partial charge on any atom is 0.255 e. The van der Waals surface area contributed by atoms with Crippen molar-refractivity contribution in [2.24, 2.45) is 0 Å². The summed E-state index contributed by atoms with van der Waals surface area (Å²) in [6, 6.07) is 11.7. The first kappa shape index (κ1) is 16.3. The summed E-state index contributed by atoms with van der Waals surface area (Å²) < 4.78 is 13.8. The van der Waals surface area contributed by atoms with E-state index in [1.807, 2.05) is 6.07 Å². The Hall–Kier alpha value is -1.59. The Morgan fingerprint density at radius 2 is 1.70 bits per heavy atom. The van der Waals surface area contributed by atoms with Gasteiger partial charge in [-0.3, -0.25) is 4.79 Å². The predicted molar refractivity (Wildman–Crippen MR) is 93.7 cm³/mol. The van der Waals surface area contributed by atoms with E-state index in [1.165, 1.54) is 12.1 Å². The smallest absolute Gasteiger partial charge is 0.255 e. The molecule has 0 unspecified atom stereocenters. The third-order valence-corrected chi connectivity index (χ3v) is 4.73. The molecular formula is C17H15BrClFN2O. The number of carbonyl (C=O) groups excluding carboxylic acids is 1. The van der Waals surface area contributed by atoms with Crippen molar-refractivity contribution < 1.29 is 9.18 Å². The SMILES string of the molecule is O=C(c1ccc(Br)cc1Cl)N1CCN(c2ccc(F)cc2)CC1. The molecule has 2 aromatic carbocycles. The van der Waals surface area contributed by atoms with Gasteiger partial charge in [0, 0.05) is 36.3 Å². The van der Waals surface area contributed by atoms with Gasteiger partial charge in [-0.2, -0.15) is 0 Å². The van der Waals surface area contributed by atoms with Gasteiger partial charge in [-0.1, -0.05) is 27.5 Å². The Morgan fingerprint density at radius 1 is 1.04 bits per heavy atom. The highest BCUT2D eigenvalue weighted by Gasteiger charge is 2.23. The lowest BCUT2D eigenvalue weighted by Gasteiger charge is -2.36. The van der Waals surface area contributed by atoms with Crippen LogP contribution in [0, 0.1) is 5.82 Å². The second-order valence-corrected chi connectivity index (χ2v) is 6.70. The van der Waals surface area contributed by atoms with Gasteiger partial charge in [-0.15, -0.1) is 0 Å². The second kappa shape index (κ2) is 6.89. The summed E-state index contributed by atoms with van der Waals surface area (Å²) in [5.41, 5.74) is 1.49. The van der Waals surface area contributed by atoms with Gasteiger partial charge in [0.25, 0.3) is 5.91 Å². The Labute approximate surface area is 147 Å². The van der Waals surface area contributed by atoms with E-state index in [-0.39, 0.29) is 11.7 Å². The summed E-state index contributed by atoms with van der Waals surface area (Å²) in [5.74, 6) is -0.297. The van der Waals surface area contributed by atoms with Crippen molar-refractivity contribution in [3.63, 3.8) is 0 Å². The van der Waals surface area contributed by atoms with Crippen LogP contribution in [0.4, 0.5) is 10.1 Å². The molecule has 0 spiro atoms. The molecule has 0 bridgehead atoms. The molecule has 120 valence electrons. The van der Waals surface area contributed by atoms with Crippen LogP contribution in [0.3, 0.4) is 0 Å². The Kier molecular flexibility index (Phi) is 4.87. The summed E-state index contributed by atoms with van der Waals surface area (Å²) in [6.45, 7) is 2.66. The van der Waals surface area contributed by atoms with Gasteiger partial charge in [0.15, 0.2) is 0 Å². The fraction of sp³-hybridized carbons (Fsp3) is 0.235. The molecule has 1 aliphatic rings. The van der Waals surface area contributed by atoms with Crippen LogP contribution in [-0.4, -0.2) is 37.0 Å². The van der Waals surface area contributed by atoms with E-state index in [9.17, 15) is 9.18 Å². The van der Waals surface area contributed by atoms with Crippen LogP contribution in [0.15, 0.2) is 46.9 Å². The number of halogens is 3. The number of carbonyl (C=O) groups is 1. The van der Waals surface area contributed by atoms with Crippen molar-refractivity contribution in [2.75, 3.05) is 31.1 Å². The van der Waals surface area contributed by atoms with E-state index in [4.69, 9.17) is 11.6 Å². The molecule has 0 saturated carbocycles. The predicted octanol–water partition coefficient (Wildman–Crippen LogP) is 4.20. The van der Waals surface area contributed by atoms with Gasteiger partial charge >= 0.3 is 0 Å². The monoisotopic (exact) mass is 396 g/mol. The Balaban J connectivity index is 1.66. The molecule has 0 radical (unpaired) electrons. The molecule has 0 atom stereocenters. The molecule has 0 aliphatic carbocycles. The highest BCUT2D eigenvalue weighted by molar-refractivity contribution is 9.10. The van der Waals surface area contributed by atoms with Crippen molar-refractivity contribution in [3.8, 4) is 0 Å². The van der Waals surface area contributed by atoms with Gasteiger partial charge < -0.3 is 9.80 Å². The number of amides is 1. The van der Waals surface area contributed by atoms with E-state index in [0.29, 0.717) is 36.8 Å². The van der Waals surface area contributed by atoms with Crippen LogP contribution < -0.4 is 4.90 Å². The van der Waals surface area contributed by atoms with Crippen LogP contribution in [-0.2, 0) is 0 Å². The molecule has 23 heavy (non-hydrogen) atoms. The molecule has 1 amide bonds. The molecule has 1 heterocycles. The number of hydrogen-bond donors (Lipinski definition) is 0. The molecule has 3 nitrogen and oxygen atoms in total. The van der Waals surface area contributed by atoms with Crippen molar-refractivity contribution in [1.82, 2.24) is 4.90 Å². The van der Waals surface area contributed by atoms with Gasteiger partial charge in [0.2, 0.25) is 0 Å². The molecule has 0 aromatic heterocycles. The van der Waals surface area contributed by atoms with Crippen molar-refractivity contribution in [2.45, 2.75) is 0 Å². The summed E-state index contributed by atoms with van der Waals surface area (Å²) >= 11 is 9.50. The molecule has 0 N–H and O–H groups in total. The maximum absolute atomic E-state index is 13.0. The van der Waals surface area contributed by atoms with E-state index in [2.05, 4.69) is 20.8 Å². The summed E-state index contributed by atoms with van der Waals surface area (Å²) in [4.78, 5) is 16.5. The van der Waals surface area contributed by atoms with Crippen LogP contribution >= 0.6 is 27.5 Å². The lowest BCUT2D eigenvalue weighted by Crippen LogP contribution is -2.48. The normalized spacial score (nSPS) is 14.9. The van der Waals surface area contributed by atoms with E-state index >= 15 is 0 Å². The highest BCUT2D eigenvalue weighted by atomic mass is 79.9. The number of rotatable bonds is 2. The van der Waals surface area contributed by atoms with Crippen molar-refractivity contribution in [1.29, 1.82) is 0 Å². The molecule has 2 aromatic rings. The lowest BCUT2D eigenvalue weighted by atomic mass is 10.1. The zero-order valence-electron chi connectivity index (χ0n) is 12.3. The van der Waals surface area contributed by atoms with Crippen LogP contribution in [0.5, 0.6) is 0 Å². The molecule has 1 saturated heterocycles. The fourth-order valence-corrected chi connectivity index (χ4v) is 3.41. The number of benzene rings is 2. The first-order valence-corrected chi connectivity index (χ1v) is 8.46. The maximum atomic E-state index is 13.0. The number of hydrogen-bond acceptors (Lipinski definition) is 2. The van der Waals surface area contributed by atoms with Crippen molar-refractivity contribution in [3.05, 3.63) is 63.3 Å². The quantitative estimate of drug-likeness (QED) is 0.758. The van der Waals surface area contributed by atoms with Gasteiger partial charge in [0.1, 0.15) is 5.82 Å². The molecular weight excluding hydrogens is 383 g/mol. The number of anilines is 1. The van der Waals surface area contributed by atoms with E-state index in [1.54, 1.807) is 29.2 Å². The highest BCUT2D eigenvalue weighted by Crippen LogP contribution is 2.24. The van der Waals surface area contributed by atoms with Gasteiger partial charge in [-0.05, 0) is 42.5 Å². The molecule has 1 fully saturated rings. The van der Waals surface area contributed by atoms with E-state index in [0.717, 1.165) is 10.2 Å². The third-order valence-electron chi connectivity index (χ3n) is 3.92. The molecule has 3 rings (SSSR count). The third kappa shape index (κ3) is 3.67. The summed E-state index contributed by atoms with van der Waals surface area (Å²) in [5, 5.41) is 0.449. The second-order valence-electron chi connectivity index (χ2n) is 5.38. The minimum atomic E-state index is -0.243. The summed E-state index contributed by atoms with van der Waals surface area (Å²) in [6.07, 6.45) is 0. The van der Waals surface area contributed by atoms with Gasteiger partial charge in [-0.25, -0.2) is 4.39 Å². The average Bonchev–Trinajstić information content (AvgIpc) is 2.55. The fourth-order valence-electron chi connectivity index (χ4n) is 2.65. The zero-order valence-corrected chi connectivity index (χ0v) is 14.6. The van der Waals surface area contributed by atoms with Crippen LogP contribution in [0.1, 0.15) is 10.4 Å². The summed E-state index contributed by atoms with van der Waals surface area (Å²) in [7, 11) is 0. The lowest BCUT2D eigenvalue weighted by molar-refractivity contribution is 0.0747. The van der Waals surface area contributed by atoms with Crippen LogP contribution in [0.25, 0.3) is 0 Å². The largest absolute Gasteiger partial charge is 0.368 e. The zero-order chi connectivity index (χ0) is 16.4. The first-order chi connectivity index (χ1) is 11.0. The molecule has 6 heteroatoms. The minimum Gasteiger partial charge on any atom is -0.368 e.